The van der Waals surface area contributed by atoms with Gasteiger partial charge in [-0.25, -0.2) is 4.98 Å². The molecule has 0 unspecified atom stereocenters. The predicted molar refractivity (Wildman–Crippen MR) is 162 cm³/mol. The molecule has 5 aromatic carbocycles. The highest BCUT2D eigenvalue weighted by atomic mass is 15.2. The lowest BCUT2D eigenvalue weighted by atomic mass is 9.73. The van der Waals surface area contributed by atoms with Gasteiger partial charge in [-0.2, -0.15) is 0 Å². The molecule has 3 heteroatoms. The van der Waals surface area contributed by atoms with Crippen LogP contribution in [0.5, 0.6) is 0 Å². The normalized spacial score (nSPS) is 14.1. The van der Waals surface area contributed by atoms with Crippen molar-refractivity contribution in [2.24, 2.45) is 0 Å². The van der Waals surface area contributed by atoms with Gasteiger partial charge in [-0.3, -0.25) is 4.40 Å². The number of hydrogen-bond acceptors (Lipinski definition) is 2. The van der Waals surface area contributed by atoms with Crippen LogP contribution >= 0.6 is 0 Å². The van der Waals surface area contributed by atoms with Gasteiger partial charge in [0, 0.05) is 28.2 Å². The van der Waals surface area contributed by atoms with Gasteiger partial charge in [-0.05, 0) is 64.5 Å². The number of aromatic nitrogens is 2. The van der Waals surface area contributed by atoms with E-state index in [9.17, 15) is 0 Å². The molecule has 0 N–H and O–H groups in total. The number of anilines is 3. The number of pyridine rings is 1. The van der Waals surface area contributed by atoms with Gasteiger partial charge in [-0.1, -0.05) is 92.7 Å². The summed E-state index contributed by atoms with van der Waals surface area (Å²) in [6, 6.07) is 43.5. The molecule has 3 heterocycles. The lowest BCUT2D eigenvalue weighted by molar-refractivity contribution is 0.632. The molecule has 0 amide bonds. The van der Waals surface area contributed by atoms with E-state index in [4.69, 9.17) is 4.98 Å². The van der Waals surface area contributed by atoms with E-state index >= 15 is 0 Å². The van der Waals surface area contributed by atoms with Crippen LogP contribution in [0.3, 0.4) is 0 Å². The average molecular weight is 502 g/mol. The fraction of sp³-hybridized carbons (Fsp3) is 0.0833. The van der Waals surface area contributed by atoms with Crippen LogP contribution in [0.2, 0.25) is 0 Å². The summed E-state index contributed by atoms with van der Waals surface area (Å²) < 4.78 is 2.25. The molecule has 0 spiro atoms. The minimum Gasteiger partial charge on any atom is -0.310 e. The first kappa shape index (κ1) is 22.1. The van der Waals surface area contributed by atoms with Gasteiger partial charge in [0.05, 0.1) is 22.4 Å². The number of benzene rings is 5. The van der Waals surface area contributed by atoms with E-state index in [1.54, 1.807) is 0 Å². The largest absolute Gasteiger partial charge is 0.310 e. The molecule has 0 saturated heterocycles. The van der Waals surface area contributed by atoms with Crippen LogP contribution in [0.25, 0.3) is 38.6 Å². The Balaban J connectivity index is 1.42. The highest BCUT2D eigenvalue weighted by molar-refractivity contribution is 6.06. The van der Waals surface area contributed by atoms with Gasteiger partial charge in [0.15, 0.2) is 0 Å². The second-order valence-electron chi connectivity index (χ2n) is 10.9. The monoisotopic (exact) mass is 501 g/mol. The van der Waals surface area contributed by atoms with Crippen LogP contribution in [0.15, 0.2) is 128 Å². The Morgan fingerprint density at radius 1 is 0.615 bits per heavy atom. The Hall–Kier alpha value is -4.89. The molecule has 39 heavy (non-hydrogen) atoms. The third-order valence-electron chi connectivity index (χ3n) is 8.37. The van der Waals surface area contributed by atoms with E-state index in [2.05, 4.69) is 151 Å². The third-order valence-corrected chi connectivity index (χ3v) is 8.37. The zero-order valence-electron chi connectivity index (χ0n) is 22.0. The summed E-state index contributed by atoms with van der Waals surface area (Å²) in [4.78, 5) is 7.40. The van der Waals surface area contributed by atoms with Crippen molar-refractivity contribution in [1.82, 2.24) is 9.38 Å². The van der Waals surface area contributed by atoms with E-state index in [-0.39, 0.29) is 5.41 Å². The van der Waals surface area contributed by atoms with Crippen molar-refractivity contribution < 1.29 is 0 Å². The van der Waals surface area contributed by atoms with Gasteiger partial charge < -0.3 is 4.90 Å². The lowest BCUT2D eigenvalue weighted by Gasteiger charge is -2.42. The van der Waals surface area contributed by atoms with Crippen molar-refractivity contribution in [3.8, 4) is 11.1 Å². The minimum absolute atomic E-state index is 0.158. The quantitative estimate of drug-likeness (QED) is 0.235. The summed E-state index contributed by atoms with van der Waals surface area (Å²) in [6.07, 6.45) is 2.27. The highest BCUT2D eigenvalue weighted by Gasteiger charge is 2.37. The van der Waals surface area contributed by atoms with Crippen LogP contribution in [0.4, 0.5) is 17.1 Å². The molecule has 1 aliphatic rings. The molecule has 3 nitrogen and oxygen atoms in total. The van der Waals surface area contributed by atoms with E-state index < -0.39 is 0 Å². The smallest absolute Gasteiger partial charge is 0.145 e. The molecule has 0 fully saturated rings. The first-order valence-electron chi connectivity index (χ1n) is 13.5. The number of rotatable bonds is 2. The van der Waals surface area contributed by atoms with Crippen molar-refractivity contribution >= 4 is 44.5 Å². The standard InChI is InChI=1S/C36H27N3/c1-36(2)29-16-8-10-18-32(29)39(25-12-4-3-5-13-25)33-21-20-24(22-30(33)36)28-23-38-34-19-11-9-17-31(34)37-35(38)27-15-7-6-14-26(27)28/h3-23H,1-2H3. The SMILES string of the molecule is CC1(C)c2ccccc2N(c2ccccc2)c2ccc(-c3cn4c5ccccc5nc4c4ccccc34)cc21. The topological polar surface area (TPSA) is 20.5 Å². The van der Waals surface area contributed by atoms with E-state index in [1.807, 2.05) is 0 Å². The Labute approximate surface area is 227 Å². The van der Waals surface area contributed by atoms with Crippen LogP contribution in [0.1, 0.15) is 25.0 Å². The molecule has 0 bridgehead atoms. The van der Waals surface area contributed by atoms with Crippen molar-refractivity contribution in [1.29, 1.82) is 0 Å². The van der Waals surface area contributed by atoms with Crippen molar-refractivity contribution in [2.45, 2.75) is 19.3 Å². The number of imidazole rings is 1. The number of para-hydroxylation sites is 4. The van der Waals surface area contributed by atoms with Crippen molar-refractivity contribution in [3.05, 3.63) is 139 Å². The Morgan fingerprint density at radius 2 is 1.31 bits per heavy atom. The predicted octanol–water partition coefficient (Wildman–Crippen LogP) is 9.42. The minimum atomic E-state index is -0.158. The maximum absolute atomic E-state index is 5.00. The highest BCUT2D eigenvalue weighted by Crippen LogP contribution is 2.52. The van der Waals surface area contributed by atoms with Crippen LogP contribution in [0, 0.1) is 0 Å². The van der Waals surface area contributed by atoms with Crippen molar-refractivity contribution in [3.63, 3.8) is 0 Å². The third kappa shape index (κ3) is 3.13. The molecule has 7 aromatic rings. The van der Waals surface area contributed by atoms with Crippen LogP contribution in [-0.4, -0.2) is 9.38 Å². The molecule has 8 rings (SSSR count). The van der Waals surface area contributed by atoms with Gasteiger partial charge in [-0.15, -0.1) is 0 Å². The number of fused-ring (bicyclic) bond motifs is 7. The fourth-order valence-corrected chi connectivity index (χ4v) is 6.43. The molecular weight excluding hydrogens is 474 g/mol. The molecule has 0 radical (unpaired) electrons. The summed E-state index contributed by atoms with van der Waals surface area (Å²) in [7, 11) is 0. The van der Waals surface area contributed by atoms with Crippen LogP contribution in [-0.2, 0) is 5.41 Å². The van der Waals surface area contributed by atoms with Crippen molar-refractivity contribution in [2.75, 3.05) is 4.90 Å². The number of hydrogen-bond donors (Lipinski definition) is 0. The van der Waals surface area contributed by atoms with E-state index in [0.717, 1.165) is 16.7 Å². The molecule has 0 atom stereocenters. The molecular formula is C36H27N3. The molecule has 0 aliphatic carbocycles. The zero-order valence-corrected chi connectivity index (χ0v) is 22.0. The summed E-state index contributed by atoms with van der Waals surface area (Å²) in [5.74, 6) is 0. The Morgan fingerprint density at radius 3 is 2.18 bits per heavy atom. The average Bonchev–Trinajstić information content (AvgIpc) is 3.36. The summed E-state index contributed by atoms with van der Waals surface area (Å²) >= 11 is 0. The van der Waals surface area contributed by atoms with E-state index in [0.29, 0.717) is 0 Å². The van der Waals surface area contributed by atoms with Gasteiger partial charge >= 0.3 is 0 Å². The molecule has 1 aliphatic heterocycles. The van der Waals surface area contributed by atoms with Gasteiger partial charge in [0.2, 0.25) is 0 Å². The Kier molecular flexibility index (Phi) is 4.57. The summed E-state index contributed by atoms with van der Waals surface area (Å²) in [6.45, 7) is 4.70. The second kappa shape index (κ2) is 8.05. The lowest BCUT2D eigenvalue weighted by Crippen LogP contribution is -2.30. The Bertz CT molecular complexity index is 2050. The first-order valence-corrected chi connectivity index (χ1v) is 13.5. The molecule has 186 valence electrons. The maximum atomic E-state index is 5.00. The van der Waals surface area contributed by atoms with Gasteiger partial charge in [0.25, 0.3) is 0 Å². The molecule has 0 saturated carbocycles. The first-order chi connectivity index (χ1) is 19.1. The summed E-state index contributed by atoms with van der Waals surface area (Å²) in [5, 5.41) is 2.38. The zero-order chi connectivity index (χ0) is 26.1. The van der Waals surface area contributed by atoms with Crippen LogP contribution < -0.4 is 4.90 Å². The fourth-order valence-electron chi connectivity index (χ4n) is 6.43. The summed E-state index contributed by atoms with van der Waals surface area (Å²) in [5.41, 5.74) is 11.7. The second-order valence-corrected chi connectivity index (χ2v) is 10.9. The van der Waals surface area contributed by atoms with E-state index in [1.165, 1.54) is 50.1 Å². The van der Waals surface area contributed by atoms with Gasteiger partial charge in [0.1, 0.15) is 5.65 Å². The maximum Gasteiger partial charge on any atom is 0.145 e. The molecule has 2 aromatic heterocycles. The number of nitrogens with zero attached hydrogens (tertiary/aromatic N) is 3.